The molecule has 8 nitrogen and oxygen atoms in total. The van der Waals surface area contributed by atoms with Crippen LogP contribution in [0.25, 0.3) is 22.5 Å². The molecule has 9 heteroatoms. The first kappa shape index (κ1) is 23.7. The van der Waals surface area contributed by atoms with Crippen LogP contribution in [-0.4, -0.2) is 20.4 Å². The number of non-ortho nitro benzene ring substituents is 1. The van der Waals surface area contributed by atoms with E-state index < -0.39 is 10.8 Å². The molecule has 1 N–H and O–H groups in total. The number of hydrogen-bond acceptors (Lipinski definition) is 6. The lowest BCUT2D eigenvalue weighted by molar-refractivity contribution is -0.384. The van der Waals surface area contributed by atoms with E-state index in [0.29, 0.717) is 22.9 Å². The molecule has 0 aliphatic heterocycles. The minimum Gasteiger partial charge on any atom is -0.317 e. The number of aromatic nitrogens is 2. The van der Waals surface area contributed by atoms with Gasteiger partial charge in [-0.1, -0.05) is 42.5 Å². The zero-order valence-corrected chi connectivity index (χ0v) is 20.2. The molecule has 180 valence electrons. The van der Waals surface area contributed by atoms with Gasteiger partial charge in [-0.2, -0.15) is 5.26 Å². The number of rotatable bonds is 7. The van der Waals surface area contributed by atoms with E-state index in [4.69, 9.17) is 0 Å². The van der Waals surface area contributed by atoms with Crippen LogP contribution in [0, 0.1) is 21.4 Å². The first-order valence-corrected chi connectivity index (χ1v) is 12.1. The van der Waals surface area contributed by atoms with Gasteiger partial charge in [0.2, 0.25) is 0 Å². The van der Waals surface area contributed by atoms with Gasteiger partial charge in [-0.15, -0.1) is 11.3 Å². The van der Waals surface area contributed by atoms with Gasteiger partial charge in [0.25, 0.3) is 11.6 Å². The van der Waals surface area contributed by atoms with Crippen LogP contribution in [0.4, 0.5) is 10.8 Å². The lowest BCUT2D eigenvalue weighted by Gasteiger charge is -2.07. The molecule has 0 fully saturated rings. The number of nitriles is 1. The Kier molecular flexibility index (Phi) is 6.57. The van der Waals surface area contributed by atoms with E-state index in [9.17, 15) is 20.2 Å². The van der Waals surface area contributed by atoms with Crippen LogP contribution in [0.2, 0.25) is 0 Å². The number of nitro benzene ring substituents is 1. The maximum Gasteiger partial charge on any atom is 0.269 e. The van der Waals surface area contributed by atoms with Gasteiger partial charge < -0.3 is 4.57 Å². The molecule has 0 aliphatic carbocycles. The molecule has 2 aromatic heterocycles. The molecule has 0 aliphatic rings. The summed E-state index contributed by atoms with van der Waals surface area (Å²) in [5, 5.41) is 26.1. The third-order valence-corrected chi connectivity index (χ3v) is 6.71. The minimum absolute atomic E-state index is 0.0200. The van der Waals surface area contributed by atoms with Gasteiger partial charge in [-0.3, -0.25) is 20.2 Å². The topological polar surface area (TPSA) is 114 Å². The van der Waals surface area contributed by atoms with E-state index in [1.165, 1.54) is 45.9 Å². The van der Waals surface area contributed by atoms with Crippen molar-refractivity contribution in [1.29, 1.82) is 5.26 Å². The summed E-state index contributed by atoms with van der Waals surface area (Å²) in [6.45, 7) is 0. The molecule has 0 saturated heterocycles. The van der Waals surface area contributed by atoms with Crippen molar-refractivity contribution < 1.29 is 9.72 Å². The molecule has 0 unspecified atom stereocenters. The summed E-state index contributed by atoms with van der Waals surface area (Å²) in [4.78, 5) is 28.6. The fraction of sp³-hybridized carbons (Fsp3) is 0.0357. The zero-order valence-electron chi connectivity index (χ0n) is 19.4. The summed E-state index contributed by atoms with van der Waals surface area (Å²) in [6.07, 6.45) is 5.64. The highest BCUT2D eigenvalue weighted by molar-refractivity contribution is 7.15. The molecule has 37 heavy (non-hydrogen) atoms. The number of nitro groups is 1. The quantitative estimate of drug-likeness (QED) is 0.124. The normalized spacial score (nSPS) is 11.3. The second-order valence-corrected chi connectivity index (χ2v) is 9.26. The zero-order chi connectivity index (χ0) is 25.8. The number of benzene rings is 3. The first-order valence-electron chi connectivity index (χ1n) is 11.3. The van der Waals surface area contributed by atoms with E-state index in [-0.39, 0.29) is 11.3 Å². The third kappa shape index (κ3) is 5.15. The summed E-state index contributed by atoms with van der Waals surface area (Å²) in [5.74, 6) is -0.565. The largest absolute Gasteiger partial charge is 0.317 e. The van der Waals surface area contributed by atoms with Crippen molar-refractivity contribution in [1.82, 2.24) is 9.55 Å². The standard InChI is InChI=1S/C28H19N5O3S/c29-17-21(15-24-8-4-14-32(24)22-10-12-23(13-11-22)33(35)36)27(34)31-28-30-18-25(37-28)16-20-7-3-6-19-5-1-2-9-26(19)20/h1-15,18H,16H2,(H,30,31,34)/b21-15-. The van der Waals surface area contributed by atoms with Gasteiger partial charge in [-0.25, -0.2) is 4.98 Å². The molecule has 1 amide bonds. The van der Waals surface area contributed by atoms with Gasteiger partial charge in [0.05, 0.1) is 4.92 Å². The smallest absolute Gasteiger partial charge is 0.269 e. The van der Waals surface area contributed by atoms with Crippen molar-refractivity contribution in [3.05, 3.63) is 123 Å². The highest BCUT2D eigenvalue weighted by atomic mass is 32.1. The van der Waals surface area contributed by atoms with Crippen LogP contribution in [-0.2, 0) is 11.2 Å². The Morgan fingerprint density at radius 3 is 2.65 bits per heavy atom. The summed E-state index contributed by atoms with van der Waals surface area (Å²) in [6, 6.07) is 25.8. The van der Waals surface area contributed by atoms with Crippen LogP contribution in [0.1, 0.15) is 16.1 Å². The number of fused-ring (bicyclic) bond motifs is 1. The van der Waals surface area contributed by atoms with Crippen LogP contribution in [0.15, 0.2) is 96.8 Å². The van der Waals surface area contributed by atoms with E-state index in [2.05, 4.69) is 34.6 Å². The van der Waals surface area contributed by atoms with E-state index >= 15 is 0 Å². The Bertz CT molecular complexity index is 1690. The van der Waals surface area contributed by atoms with Crippen molar-refractivity contribution >= 4 is 44.9 Å². The Labute approximate surface area is 215 Å². The SMILES string of the molecule is N#C/C(=C/c1cccn1-c1ccc([N+](=O)[O-])cc1)C(=O)Nc1ncc(Cc2cccc3ccccc23)s1. The fourth-order valence-corrected chi connectivity index (χ4v) is 4.85. The number of amides is 1. The predicted octanol–water partition coefficient (Wildman–Crippen LogP) is 6.13. The summed E-state index contributed by atoms with van der Waals surface area (Å²) in [7, 11) is 0. The van der Waals surface area contributed by atoms with Crippen LogP contribution < -0.4 is 5.32 Å². The van der Waals surface area contributed by atoms with Crippen molar-refractivity contribution in [2.75, 3.05) is 5.32 Å². The van der Waals surface area contributed by atoms with Gasteiger partial charge in [0.1, 0.15) is 11.6 Å². The van der Waals surface area contributed by atoms with Crippen molar-refractivity contribution in [2.24, 2.45) is 0 Å². The van der Waals surface area contributed by atoms with E-state index in [1.54, 1.807) is 41.2 Å². The second-order valence-electron chi connectivity index (χ2n) is 8.15. The van der Waals surface area contributed by atoms with E-state index in [1.807, 2.05) is 24.3 Å². The summed E-state index contributed by atoms with van der Waals surface area (Å²) in [5.41, 5.74) is 2.30. The fourth-order valence-electron chi connectivity index (χ4n) is 4.02. The molecule has 0 radical (unpaired) electrons. The van der Waals surface area contributed by atoms with Crippen LogP contribution in [0.5, 0.6) is 0 Å². The summed E-state index contributed by atoms with van der Waals surface area (Å²) >= 11 is 1.36. The van der Waals surface area contributed by atoms with E-state index in [0.717, 1.165) is 4.88 Å². The Morgan fingerprint density at radius 1 is 1.08 bits per heavy atom. The molecule has 0 atom stereocenters. The molecule has 2 heterocycles. The predicted molar refractivity (Wildman–Crippen MR) is 144 cm³/mol. The third-order valence-electron chi connectivity index (χ3n) is 5.79. The minimum atomic E-state index is -0.565. The van der Waals surface area contributed by atoms with Crippen LogP contribution in [0.3, 0.4) is 0 Å². The number of thiazole rings is 1. The second kappa shape index (κ2) is 10.3. The van der Waals surface area contributed by atoms with Gasteiger partial charge in [0.15, 0.2) is 5.13 Å². The van der Waals surface area contributed by atoms with Crippen LogP contribution >= 0.6 is 11.3 Å². The lowest BCUT2D eigenvalue weighted by atomic mass is 10.0. The van der Waals surface area contributed by atoms with Crippen molar-refractivity contribution in [3.8, 4) is 11.8 Å². The Hall–Kier alpha value is -5.07. The Morgan fingerprint density at radius 2 is 1.86 bits per heavy atom. The highest BCUT2D eigenvalue weighted by Crippen LogP contribution is 2.26. The number of nitrogens with zero attached hydrogens (tertiary/aromatic N) is 4. The average Bonchev–Trinajstić information content (AvgIpc) is 3.56. The average molecular weight is 506 g/mol. The maximum absolute atomic E-state index is 12.9. The number of carbonyl (C=O) groups excluding carboxylic acids is 1. The van der Waals surface area contributed by atoms with Gasteiger partial charge >= 0.3 is 0 Å². The molecular weight excluding hydrogens is 486 g/mol. The Balaban J connectivity index is 1.32. The molecule has 0 bridgehead atoms. The molecule has 5 aromatic rings. The highest BCUT2D eigenvalue weighted by Gasteiger charge is 2.14. The molecule has 3 aromatic carbocycles. The van der Waals surface area contributed by atoms with Crippen molar-refractivity contribution in [3.63, 3.8) is 0 Å². The molecule has 5 rings (SSSR count). The lowest BCUT2D eigenvalue weighted by Crippen LogP contribution is -2.13. The number of hydrogen-bond donors (Lipinski definition) is 1. The number of carbonyl (C=O) groups is 1. The van der Waals surface area contributed by atoms with Gasteiger partial charge in [0, 0.05) is 47.2 Å². The monoisotopic (exact) mass is 505 g/mol. The molecular formula is C28H19N5O3S. The van der Waals surface area contributed by atoms with Crippen molar-refractivity contribution in [2.45, 2.75) is 6.42 Å². The summed E-state index contributed by atoms with van der Waals surface area (Å²) < 4.78 is 1.74. The maximum atomic E-state index is 12.9. The number of nitrogens with one attached hydrogen (secondary N) is 1. The first-order chi connectivity index (χ1) is 18.0. The number of anilines is 1. The van der Waals surface area contributed by atoms with Gasteiger partial charge in [-0.05, 0) is 46.7 Å². The molecule has 0 spiro atoms. The molecule has 0 saturated carbocycles.